The van der Waals surface area contributed by atoms with Gasteiger partial charge in [0, 0.05) is 32.4 Å². The lowest BCUT2D eigenvalue weighted by atomic mass is 10.2. The average Bonchev–Trinajstić information content (AvgIpc) is 3.08. The quantitative estimate of drug-likeness (QED) is 0.754. The van der Waals surface area contributed by atoms with E-state index >= 15 is 0 Å². The number of hydrogen-bond acceptors (Lipinski definition) is 4. The fraction of sp³-hybridized carbons (Fsp3) is 0.350. The van der Waals surface area contributed by atoms with Crippen molar-refractivity contribution in [3.05, 3.63) is 53.7 Å². The maximum atomic E-state index is 12.5. The lowest BCUT2D eigenvalue weighted by Gasteiger charge is -2.14. The van der Waals surface area contributed by atoms with Crippen LogP contribution in [0.1, 0.15) is 37.1 Å². The average molecular weight is 387 g/mol. The van der Waals surface area contributed by atoms with Crippen LogP contribution in [0.3, 0.4) is 0 Å². The second-order valence-corrected chi connectivity index (χ2v) is 6.64. The van der Waals surface area contributed by atoms with E-state index in [0.29, 0.717) is 12.3 Å². The maximum absolute atomic E-state index is 12.5. The molecule has 0 atom stereocenters. The van der Waals surface area contributed by atoms with Crippen molar-refractivity contribution in [2.24, 2.45) is 12.0 Å². The van der Waals surface area contributed by atoms with Crippen LogP contribution in [0.4, 0.5) is 0 Å². The molecule has 4 rings (SSSR count). The normalized spacial score (nSPS) is 18.0. The lowest BCUT2D eigenvalue weighted by molar-refractivity contribution is -0.122. The summed E-state index contributed by atoms with van der Waals surface area (Å²) in [6, 6.07) is 7.69. The first-order chi connectivity index (χ1) is 12.7. The zero-order chi connectivity index (χ0) is 17.9. The minimum absolute atomic E-state index is 0. The van der Waals surface area contributed by atoms with Crippen molar-refractivity contribution >= 4 is 30.2 Å². The van der Waals surface area contributed by atoms with Gasteiger partial charge in [-0.3, -0.25) is 9.69 Å². The van der Waals surface area contributed by atoms with E-state index in [1.807, 2.05) is 53.1 Å². The molecule has 142 valence electrons. The molecule has 0 unspecified atom stereocenters. The van der Waals surface area contributed by atoms with Crippen LogP contribution in [0.15, 0.2) is 47.3 Å². The van der Waals surface area contributed by atoms with Crippen LogP contribution in [0.25, 0.3) is 6.08 Å². The van der Waals surface area contributed by atoms with E-state index in [1.165, 1.54) is 6.42 Å². The van der Waals surface area contributed by atoms with E-state index in [2.05, 4.69) is 9.98 Å². The third kappa shape index (κ3) is 4.22. The largest absolute Gasteiger partial charge is 0.486 e. The lowest BCUT2D eigenvalue weighted by Crippen LogP contribution is -2.31. The highest BCUT2D eigenvalue weighted by molar-refractivity contribution is 6.14. The molecule has 3 heterocycles. The van der Waals surface area contributed by atoms with E-state index < -0.39 is 0 Å². The number of imidazole rings is 1. The number of aliphatic imine (C=N–C) groups is 1. The monoisotopic (exact) mass is 386 g/mol. The summed E-state index contributed by atoms with van der Waals surface area (Å²) in [5, 5.41) is 0. The van der Waals surface area contributed by atoms with Crippen molar-refractivity contribution in [2.75, 3.05) is 6.54 Å². The van der Waals surface area contributed by atoms with Gasteiger partial charge < -0.3 is 9.30 Å². The van der Waals surface area contributed by atoms with Gasteiger partial charge in [-0.2, -0.15) is 0 Å². The first-order valence-corrected chi connectivity index (χ1v) is 9.01. The van der Waals surface area contributed by atoms with Crippen LogP contribution in [0.5, 0.6) is 5.75 Å². The number of nitrogens with zero attached hydrogens (tertiary/aromatic N) is 4. The number of aromatic nitrogens is 2. The van der Waals surface area contributed by atoms with Crippen molar-refractivity contribution in [3.63, 3.8) is 0 Å². The first-order valence-electron chi connectivity index (χ1n) is 9.01. The summed E-state index contributed by atoms with van der Waals surface area (Å²) in [5.41, 5.74) is 1.48. The van der Waals surface area contributed by atoms with Gasteiger partial charge in [-0.15, -0.1) is 12.4 Å². The molecule has 2 aliphatic heterocycles. The molecule has 1 aromatic heterocycles. The van der Waals surface area contributed by atoms with Crippen LogP contribution in [0.2, 0.25) is 0 Å². The Morgan fingerprint density at radius 1 is 1.19 bits per heavy atom. The number of fused-ring (bicyclic) bond motifs is 1. The van der Waals surface area contributed by atoms with E-state index in [0.717, 1.165) is 48.8 Å². The van der Waals surface area contributed by atoms with Crippen molar-refractivity contribution in [1.29, 1.82) is 0 Å². The van der Waals surface area contributed by atoms with Crippen LogP contribution in [-0.2, 0) is 18.4 Å². The van der Waals surface area contributed by atoms with Gasteiger partial charge in [-0.1, -0.05) is 18.6 Å². The fourth-order valence-corrected chi connectivity index (χ4v) is 3.25. The van der Waals surface area contributed by atoms with Crippen LogP contribution >= 0.6 is 12.4 Å². The van der Waals surface area contributed by atoms with Gasteiger partial charge in [0.25, 0.3) is 5.91 Å². The molecule has 0 aliphatic carbocycles. The molecule has 2 aromatic rings. The van der Waals surface area contributed by atoms with Crippen LogP contribution in [0, 0.1) is 0 Å². The van der Waals surface area contributed by atoms with Crippen molar-refractivity contribution in [1.82, 2.24) is 14.5 Å². The number of amidine groups is 1. The molecular weight excluding hydrogens is 364 g/mol. The van der Waals surface area contributed by atoms with Crippen LogP contribution < -0.4 is 4.74 Å². The Hall–Kier alpha value is -2.60. The Kier molecular flexibility index (Phi) is 5.96. The Labute approximate surface area is 165 Å². The van der Waals surface area contributed by atoms with E-state index in [9.17, 15) is 4.79 Å². The van der Waals surface area contributed by atoms with E-state index in [-0.39, 0.29) is 18.3 Å². The maximum Gasteiger partial charge on any atom is 0.277 e. The molecule has 1 saturated heterocycles. The Morgan fingerprint density at radius 3 is 2.74 bits per heavy atom. The van der Waals surface area contributed by atoms with Gasteiger partial charge in [0.05, 0.1) is 0 Å². The first kappa shape index (κ1) is 19.2. The van der Waals surface area contributed by atoms with Gasteiger partial charge in [0.1, 0.15) is 29.7 Å². The molecule has 2 aliphatic rings. The molecule has 1 fully saturated rings. The summed E-state index contributed by atoms with van der Waals surface area (Å²) in [7, 11) is 1.94. The number of carbonyl (C=O) groups is 1. The molecule has 0 saturated carbocycles. The highest BCUT2D eigenvalue weighted by Crippen LogP contribution is 2.24. The van der Waals surface area contributed by atoms with Gasteiger partial charge in [-0.25, -0.2) is 9.98 Å². The fourth-order valence-electron chi connectivity index (χ4n) is 3.25. The number of amides is 1. The summed E-state index contributed by atoms with van der Waals surface area (Å²) in [4.78, 5) is 23.2. The predicted molar refractivity (Wildman–Crippen MR) is 107 cm³/mol. The van der Waals surface area contributed by atoms with Crippen molar-refractivity contribution < 1.29 is 9.53 Å². The second kappa shape index (κ2) is 8.39. The minimum Gasteiger partial charge on any atom is -0.486 e. The molecule has 27 heavy (non-hydrogen) atoms. The van der Waals surface area contributed by atoms with E-state index in [1.54, 1.807) is 6.20 Å². The third-order valence-electron chi connectivity index (χ3n) is 4.78. The minimum atomic E-state index is 0. The summed E-state index contributed by atoms with van der Waals surface area (Å²) in [6.07, 6.45) is 9.72. The molecule has 0 radical (unpaired) electrons. The third-order valence-corrected chi connectivity index (χ3v) is 4.78. The number of aryl methyl sites for hydroxylation is 1. The standard InChI is InChI=1S/C20H22N4O2.ClH/c1-23-12-10-21-19(23)14-26-16-8-6-15(7-9-16)13-17-20(25)24-11-4-2-3-5-18(24)22-17;/h6-10,12-13H,2-5,11,14H2,1H3;1H. The van der Waals surface area contributed by atoms with Crippen molar-refractivity contribution in [3.8, 4) is 5.75 Å². The van der Waals surface area contributed by atoms with Gasteiger partial charge in [-0.05, 0) is 36.6 Å². The summed E-state index contributed by atoms with van der Waals surface area (Å²) < 4.78 is 7.69. The zero-order valence-corrected chi connectivity index (χ0v) is 16.1. The van der Waals surface area contributed by atoms with E-state index in [4.69, 9.17) is 4.74 Å². The smallest absolute Gasteiger partial charge is 0.277 e. The molecule has 7 heteroatoms. The second-order valence-electron chi connectivity index (χ2n) is 6.64. The summed E-state index contributed by atoms with van der Waals surface area (Å²) in [6.45, 7) is 1.21. The number of halogens is 1. The number of hydrogen-bond donors (Lipinski definition) is 0. The Balaban J connectivity index is 0.00000210. The molecule has 0 bridgehead atoms. The zero-order valence-electron chi connectivity index (χ0n) is 15.3. The number of ether oxygens (including phenoxy) is 1. The molecule has 0 spiro atoms. The number of benzene rings is 1. The van der Waals surface area contributed by atoms with Crippen molar-refractivity contribution in [2.45, 2.75) is 32.3 Å². The molecule has 1 amide bonds. The Morgan fingerprint density at radius 2 is 2.00 bits per heavy atom. The number of carbonyl (C=O) groups excluding carboxylic acids is 1. The molecule has 1 aromatic carbocycles. The van der Waals surface area contributed by atoms with Gasteiger partial charge in [0.15, 0.2) is 0 Å². The van der Waals surface area contributed by atoms with Gasteiger partial charge >= 0.3 is 0 Å². The molecular formula is C20H23ClN4O2. The number of rotatable bonds is 4. The highest BCUT2D eigenvalue weighted by Gasteiger charge is 2.30. The van der Waals surface area contributed by atoms with Gasteiger partial charge in [0.2, 0.25) is 0 Å². The topological polar surface area (TPSA) is 59.7 Å². The summed E-state index contributed by atoms with van der Waals surface area (Å²) in [5.74, 6) is 2.59. The van der Waals surface area contributed by atoms with Crippen LogP contribution in [-0.4, -0.2) is 32.7 Å². The highest BCUT2D eigenvalue weighted by atomic mass is 35.5. The Bertz CT molecular complexity index is 870. The molecule has 6 nitrogen and oxygen atoms in total. The molecule has 0 N–H and O–H groups in total. The summed E-state index contributed by atoms with van der Waals surface area (Å²) >= 11 is 0. The SMILES string of the molecule is Cl.Cn1ccnc1COc1ccc(C=C2N=C3CCCCCN3C2=O)cc1. The predicted octanol–water partition coefficient (Wildman–Crippen LogP) is 3.58.